The van der Waals surface area contributed by atoms with Crippen LogP contribution in [-0.2, 0) is 29.5 Å². The molecular weight excluding hydrogens is 602 g/mol. The highest BCUT2D eigenvalue weighted by molar-refractivity contribution is 5.93. The number of nitrogens with zero attached hydrogens (tertiary/aromatic N) is 5. The number of aryl methyl sites for hydroxylation is 3. The van der Waals surface area contributed by atoms with Crippen molar-refractivity contribution in [3.8, 4) is 6.07 Å². The minimum absolute atomic E-state index is 0.0605. The average Bonchev–Trinajstić information content (AvgIpc) is 3.46. The summed E-state index contributed by atoms with van der Waals surface area (Å²) in [6, 6.07) is 22.0. The highest BCUT2D eigenvalue weighted by Crippen LogP contribution is 2.49. The third kappa shape index (κ3) is 5.62. The maximum absolute atomic E-state index is 13.7. The average molecular weight is 642 g/mol. The fourth-order valence-corrected chi connectivity index (χ4v) is 7.96. The number of carbonyl (C=O) groups excluding carboxylic acids is 2. The minimum Gasteiger partial charge on any atom is -0.399 e. The zero-order chi connectivity index (χ0) is 33.6. The molecule has 11 nitrogen and oxygen atoms in total. The van der Waals surface area contributed by atoms with Crippen molar-refractivity contribution in [2.45, 2.75) is 69.0 Å². The van der Waals surface area contributed by atoms with E-state index in [0.717, 1.165) is 51.8 Å². The molecule has 5 atom stereocenters. The van der Waals surface area contributed by atoms with E-state index in [0.29, 0.717) is 48.7 Å². The number of benzene rings is 3. The van der Waals surface area contributed by atoms with E-state index in [-0.39, 0.29) is 30.6 Å². The standard InChI is InChI=1S/C37H39N9O2/c1-21-3-5-23(6-4-21)13-29(41-20-34(47)46-30(19-38)16-28-17-33(28)46)18-37(36-42-44-45-43-36)31-11-9-24(22(2)39)14-25(31)7-8-26-15-27(35(40)48)10-12-32(26)37/h3-6,9-12,14-15,28-30,33,41H,2,7-8,13,16-18,20,39H2,1H3,(H2,40,48)(H,42,43,44,45)/t28-,29+,30?,33+,37?/m1/s1. The van der Waals surface area contributed by atoms with Crippen molar-refractivity contribution >= 4 is 17.5 Å². The number of H-pyrrole nitrogens is 1. The van der Waals surface area contributed by atoms with Gasteiger partial charge in [-0.15, -0.1) is 5.10 Å². The summed E-state index contributed by atoms with van der Waals surface area (Å²) in [7, 11) is 0. The lowest BCUT2D eigenvalue weighted by Gasteiger charge is -2.38. The van der Waals surface area contributed by atoms with Gasteiger partial charge in [0.05, 0.1) is 18.0 Å². The van der Waals surface area contributed by atoms with Crippen molar-refractivity contribution in [3.63, 3.8) is 0 Å². The van der Waals surface area contributed by atoms with Gasteiger partial charge in [0.15, 0.2) is 5.82 Å². The number of likely N-dealkylation sites (tertiary alicyclic amines) is 1. The smallest absolute Gasteiger partial charge is 0.248 e. The van der Waals surface area contributed by atoms with Crippen LogP contribution in [0, 0.1) is 24.2 Å². The van der Waals surface area contributed by atoms with Crippen molar-refractivity contribution < 1.29 is 9.59 Å². The molecule has 6 N–H and O–H groups in total. The maximum atomic E-state index is 13.7. The summed E-state index contributed by atoms with van der Waals surface area (Å²) in [5, 5.41) is 29.1. The van der Waals surface area contributed by atoms with Crippen LogP contribution in [0.4, 0.5) is 0 Å². The van der Waals surface area contributed by atoms with Crippen LogP contribution >= 0.6 is 0 Å². The van der Waals surface area contributed by atoms with Gasteiger partial charge in [0, 0.05) is 23.3 Å². The van der Waals surface area contributed by atoms with Crippen LogP contribution in [0.15, 0.2) is 67.2 Å². The quantitative estimate of drug-likeness (QED) is 0.204. The Kier molecular flexibility index (Phi) is 8.05. The monoisotopic (exact) mass is 641 g/mol. The summed E-state index contributed by atoms with van der Waals surface area (Å²) >= 11 is 0. The lowest BCUT2D eigenvalue weighted by molar-refractivity contribution is -0.131. The second kappa shape index (κ2) is 12.4. The number of nitrogens with two attached hydrogens (primary N) is 2. The number of tetrazole rings is 1. The normalized spacial score (nSPS) is 22.8. The Labute approximate surface area is 279 Å². The van der Waals surface area contributed by atoms with Crippen LogP contribution in [0.3, 0.4) is 0 Å². The lowest BCUT2D eigenvalue weighted by atomic mass is 9.67. The first-order valence-corrected chi connectivity index (χ1v) is 16.4. The Morgan fingerprint density at radius 3 is 2.38 bits per heavy atom. The topological polar surface area (TPSA) is 180 Å². The van der Waals surface area contributed by atoms with Gasteiger partial charge in [0.2, 0.25) is 11.8 Å². The number of nitriles is 1. The summed E-state index contributed by atoms with van der Waals surface area (Å²) in [6.07, 6.45) is 4.13. The van der Waals surface area contributed by atoms with Gasteiger partial charge in [0.25, 0.3) is 0 Å². The van der Waals surface area contributed by atoms with E-state index in [2.05, 4.69) is 81.9 Å². The molecule has 4 aromatic rings. The molecule has 1 aromatic heterocycles. The number of fused-ring (bicyclic) bond motifs is 3. The summed E-state index contributed by atoms with van der Waals surface area (Å²) in [4.78, 5) is 27.8. The molecule has 2 fully saturated rings. The number of aromatic nitrogens is 4. The zero-order valence-corrected chi connectivity index (χ0v) is 26.9. The van der Waals surface area contributed by atoms with Gasteiger partial charge < -0.3 is 21.7 Å². The van der Waals surface area contributed by atoms with Crippen molar-refractivity contribution in [1.82, 2.24) is 30.8 Å². The minimum atomic E-state index is -0.912. The van der Waals surface area contributed by atoms with Crippen LogP contribution in [-0.4, -0.2) is 62.0 Å². The number of rotatable bonds is 10. The first-order valence-electron chi connectivity index (χ1n) is 16.4. The fraction of sp³-hybridized carbons (Fsp3) is 0.351. The highest BCUT2D eigenvalue weighted by Gasteiger charge is 2.54. The Morgan fingerprint density at radius 1 is 1.06 bits per heavy atom. The molecule has 0 spiro atoms. The first kappa shape index (κ1) is 31.3. The van der Waals surface area contributed by atoms with E-state index in [1.165, 1.54) is 0 Å². The fourth-order valence-electron chi connectivity index (χ4n) is 7.96. The number of piperidine rings is 1. The van der Waals surface area contributed by atoms with Gasteiger partial charge >= 0.3 is 0 Å². The number of nitrogens with one attached hydrogen (secondary N) is 2. The summed E-state index contributed by atoms with van der Waals surface area (Å²) in [5.41, 5.74) is 19.0. The predicted molar refractivity (Wildman–Crippen MR) is 180 cm³/mol. The van der Waals surface area contributed by atoms with Gasteiger partial charge in [0.1, 0.15) is 6.04 Å². The lowest BCUT2D eigenvalue weighted by Crippen LogP contribution is -2.48. The van der Waals surface area contributed by atoms with Crippen LogP contribution in [0.2, 0.25) is 0 Å². The predicted octanol–water partition coefficient (Wildman–Crippen LogP) is 3.07. The van der Waals surface area contributed by atoms with E-state index in [1.807, 2.05) is 18.2 Å². The second-order valence-corrected chi connectivity index (χ2v) is 13.5. The van der Waals surface area contributed by atoms with E-state index in [9.17, 15) is 14.9 Å². The number of aromatic amines is 1. The molecule has 0 bridgehead atoms. The third-order valence-corrected chi connectivity index (χ3v) is 10.4. The van der Waals surface area contributed by atoms with Gasteiger partial charge in [-0.1, -0.05) is 54.6 Å². The number of amides is 2. The van der Waals surface area contributed by atoms with Gasteiger partial charge in [-0.05, 0) is 113 Å². The van der Waals surface area contributed by atoms with Gasteiger partial charge in [-0.2, -0.15) is 5.26 Å². The Hall–Kier alpha value is -5.34. The molecule has 7 rings (SSSR count). The Morgan fingerprint density at radius 2 is 1.75 bits per heavy atom. The van der Waals surface area contributed by atoms with E-state index in [4.69, 9.17) is 11.5 Å². The molecule has 2 heterocycles. The second-order valence-electron chi connectivity index (χ2n) is 13.5. The van der Waals surface area contributed by atoms with Crippen LogP contribution in [0.1, 0.15) is 74.4 Å². The first-order chi connectivity index (χ1) is 23.2. The van der Waals surface area contributed by atoms with E-state index in [1.54, 1.807) is 11.0 Å². The molecule has 0 radical (unpaired) electrons. The van der Waals surface area contributed by atoms with Crippen molar-refractivity contribution in [3.05, 3.63) is 118 Å². The van der Waals surface area contributed by atoms with Crippen molar-refractivity contribution in [2.75, 3.05) is 6.54 Å². The Balaban J connectivity index is 1.35. The molecule has 1 saturated carbocycles. The Bertz CT molecular complexity index is 1860. The maximum Gasteiger partial charge on any atom is 0.248 e. The summed E-state index contributed by atoms with van der Waals surface area (Å²) < 4.78 is 0. The number of primary amides is 1. The molecule has 48 heavy (non-hydrogen) atoms. The molecule has 244 valence electrons. The molecule has 3 aliphatic rings. The molecular formula is C37H39N9O2. The van der Waals surface area contributed by atoms with Crippen molar-refractivity contribution in [2.24, 2.45) is 17.4 Å². The van der Waals surface area contributed by atoms with Crippen LogP contribution < -0.4 is 16.8 Å². The summed E-state index contributed by atoms with van der Waals surface area (Å²) in [6.45, 7) is 6.12. The van der Waals surface area contributed by atoms with Gasteiger partial charge in [-0.3, -0.25) is 9.59 Å². The molecule has 2 unspecified atom stereocenters. The zero-order valence-electron chi connectivity index (χ0n) is 26.9. The van der Waals surface area contributed by atoms with Crippen molar-refractivity contribution in [1.29, 1.82) is 5.26 Å². The molecule has 1 aliphatic heterocycles. The molecule has 1 saturated heterocycles. The molecule has 11 heteroatoms. The molecule has 2 aliphatic carbocycles. The van der Waals surface area contributed by atoms with E-state index >= 15 is 0 Å². The van der Waals surface area contributed by atoms with Crippen LogP contribution in [0.25, 0.3) is 5.70 Å². The summed E-state index contributed by atoms with van der Waals surface area (Å²) in [5.74, 6) is 0.420. The largest absolute Gasteiger partial charge is 0.399 e. The molecule has 3 aromatic carbocycles. The van der Waals surface area contributed by atoms with Gasteiger partial charge in [-0.25, -0.2) is 5.10 Å². The SMILES string of the molecule is C=C(N)c1ccc2c(c1)CCc1cc(C(N)=O)ccc1C2(C[C@H](Cc1ccc(C)cc1)NCC(=O)N1C(C#N)C[C@@H]2C[C@@H]21)c1nnn[nH]1. The van der Waals surface area contributed by atoms with E-state index < -0.39 is 11.3 Å². The number of carbonyl (C=O) groups is 2. The third-order valence-electron chi connectivity index (χ3n) is 10.4. The highest BCUT2D eigenvalue weighted by atomic mass is 16.2. The number of hydrogen-bond acceptors (Lipinski definition) is 8. The van der Waals surface area contributed by atoms with Crippen LogP contribution in [0.5, 0.6) is 0 Å². The number of hydrogen-bond donors (Lipinski definition) is 4. The molecule has 2 amide bonds.